The number of H-pyrrole nitrogens is 1. The number of hydrogen-bond acceptors (Lipinski definition) is 7. The Morgan fingerprint density at radius 3 is 2.45 bits per heavy atom. The Bertz CT molecular complexity index is 1380. The van der Waals surface area contributed by atoms with Crippen LogP contribution in [0.5, 0.6) is 0 Å². The van der Waals surface area contributed by atoms with E-state index >= 15 is 0 Å². The van der Waals surface area contributed by atoms with Gasteiger partial charge in [0, 0.05) is 44.2 Å². The Morgan fingerprint density at radius 2 is 1.71 bits per heavy atom. The topological polar surface area (TPSA) is 115 Å². The van der Waals surface area contributed by atoms with Gasteiger partial charge in [0.1, 0.15) is 0 Å². The summed E-state index contributed by atoms with van der Waals surface area (Å²) in [4.78, 5) is 31.3. The van der Waals surface area contributed by atoms with Crippen LogP contribution in [-0.4, -0.2) is 84.5 Å². The number of allylic oxidation sites excluding steroid dienone is 1. The van der Waals surface area contributed by atoms with E-state index in [1.807, 2.05) is 64.9 Å². The van der Waals surface area contributed by atoms with Crippen molar-refractivity contribution in [1.29, 1.82) is 0 Å². The predicted molar refractivity (Wildman–Crippen MR) is 158 cm³/mol. The van der Waals surface area contributed by atoms with Gasteiger partial charge < -0.3 is 33.9 Å². The van der Waals surface area contributed by atoms with Crippen molar-refractivity contribution in [2.24, 2.45) is 5.92 Å². The van der Waals surface area contributed by atoms with E-state index in [-0.39, 0.29) is 36.1 Å². The molecule has 226 valence electrons. The molecule has 0 radical (unpaired) electrons. The molecule has 0 saturated carbocycles. The number of ether oxygens (including phenoxy) is 4. The fourth-order valence-electron chi connectivity index (χ4n) is 6.01. The number of benzene rings is 2. The van der Waals surface area contributed by atoms with Gasteiger partial charge in [-0.2, -0.15) is 0 Å². The van der Waals surface area contributed by atoms with Crippen molar-refractivity contribution in [3.63, 3.8) is 0 Å². The van der Waals surface area contributed by atoms with Gasteiger partial charge >= 0.3 is 5.69 Å². The SMILES string of the molecule is CCO[C@@H]1OC(C(=O)N2CCC(n3c(=O)[nH]c4ccccc43)CC2)=C[C@H](c2ccccc2)[C@@H]1CCOCCOCCO. The van der Waals surface area contributed by atoms with Crippen LogP contribution in [0.2, 0.25) is 0 Å². The number of para-hydroxylation sites is 2. The molecule has 0 aliphatic carbocycles. The minimum Gasteiger partial charge on any atom is -0.459 e. The zero-order valence-electron chi connectivity index (χ0n) is 24.2. The number of rotatable bonds is 13. The monoisotopic (exact) mass is 579 g/mol. The Balaban J connectivity index is 1.29. The number of hydrogen-bond donors (Lipinski definition) is 2. The van der Waals surface area contributed by atoms with Crippen LogP contribution < -0.4 is 5.69 Å². The molecular formula is C32H41N3O7. The minimum absolute atomic E-state index is 0.0102. The van der Waals surface area contributed by atoms with Gasteiger partial charge in [-0.15, -0.1) is 0 Å². The average molecular weight is 580 g/mol. The zero-order chi connectivity index (χ0) is 29.3. The van der Waals surface area contributed by atoms with Gasteiger partial charge in [-0.05, 0) is 50.0 Å². The molecule has 0 bridgehead atoms. The second kappa shape index (κ2) is 14.6. The molecule has 1 amide bonds. The van der Waals surface area contributed by atoms with Crippen molar-refractivity contribution < 1.29 is 28.8 Å². The third-order valence-electron chi connectivity index (χ3n) is 8.06. The van der Waals surface area contributed by atoms with E-state index in [4.69, 9.17) is 24.1 Å². The maximum atomic E-state index is 13.8. The van der Waals surface area contributed by atoms with Gasteiger partial charge in [-0.25, -0.2) is 4.79 Å². The van der Waals surface area contributed by atoms with Crippen molar-refractivity contribution in [3.8, 4) is 0 Å². The molecule has 1 saturated heterocycles. The quantitative estimate of drug-likeness (QED) is 0.298. The van der Waals surface area contributed by atoms with Crippen molar-refractivity contribution in [3.05, 3.63) is 82.5 Å². The van der Waals surface area contributed by atoms with E-state index in [1.54, 1.807) is 0 Å². The molecule has 42 heavy (non-hydrogen) atoms. The number of nitrogens with zero attached hydrogens (tertiary/aromatic N) is 2. The highest BCUT2D eigenvalue weighted by molar-refractivity contribution is 5.92. The molecule has 2 N–H and O–H groups in total. The van der Waals surface area contributed by atoms with E-state index < -0.39 is 6.29 Å². The van der Waals surface area contributed by atoms with Crippen molar-refractivity contribution in [2.45, 2.75) is 44.4 Å². The average Bonchev–Trinajstić information content (AvgIpc) is 3.36. The highest BCUT2D eigenvalue weighted by Gasteiger charge is 2.39. The van der Waals surface area contributed by atoms with Crippen molar-refractivity contribution in [2.75, 3.05) is 52.7 Å². The molecule has 2 aliphatic rings. The number of amides is 1. The summed E-state index contributed by atoms with van der Waals surface area (Å²) in [5.74, 6) is 0.00875. The molecule has 1 fully saturated rings. The summed E-state index contributed by atoms with van der Waals surface area (Å²) in [6.07, 6.45) is 3.38. The lowest BCUT2D eigenvalue weighted by molar-refractivity contribution is -0.172. The second-order valence-corrected chi connectivity index (χ2v) is 10.7. The number of aromatic nitrogens is 2. The first kappa shape index (κ1) is 30.0. The molecule has 5 rings (SSSR count). The van der Waals surface area contributed by atoms with Crippen LogP contribution in [0.15, 0.2) is 71.2 Å². The summed E-state index contributed by atoms with van der Waals surface area (Å²) in [6, 6.07) is 17.8. The third kappa shape index (κ3) is 6.95. The van der Waals surface area contributed by atoms with Crippen LogP contribution in [0.1, 0.15) is 43.7 Å². The van der Waals surface area contributed by atoms with E-state index in [9.17, 15) is 9.59 Å². The fraction of sp³-hybridized carbons (Fsp3) is 0.500. The fourth-order valence-corrected chi connectivity index (χ4v) is 6.01. The number of aliphatic hydroxyl groups is 1. The van der Waals surface area contributed by atoms with Gasteiger partial charge in [0.05, 0.1) is 37.5 Å². The number of aliphatic hydroxyl groups excluding tert-OH is 1. The maximum Gasteiger partial charge on any atom is 0.326 e. The van der Waals surface area contributed by atoms with Crippen LogP contribution in [-0.2, 0) is 23.7 Å². The smallest absolute Gasteiger partial charge is 0.326 e. The van der Waals surface area contributed by atoms with Crippen molar-refractivity contribution in [1.82, 2.24) is 14.5 Å². The number of piperidine rings is 1. The number of fused-ring (bicyclic) bond motifs is 1. The van der Waals surface area contributed by atoms with Crippen LogP contribution >= 0.6 is 0 Å². The normalized spacial score (nSPS) is 21.3. The van der Waals surface area contributed by atoms with Gasteiger partial charge in [-0.1, -0.05) is 42.5 Å². The Hall–Kier alpha value is -3.44. The number of imidazole rings is 1. The largest absolute Gasteiger partial charge is 0.459 e. The van der Waals surface area contributed by atoms with E-state index in [0.29, 0.717) is 71.1 Å². The molecule has 2 aromatic carbocycles. The molecule has 10 nitrogen and oxygen atoms in total. The number of likely N-dealkylation sites (tertiary alicyclic amines) is 1. The lowest BCUT2D eigenvalue weighted by atomic mass is 9.81. The first-order valence-corrected chi connectivity index (χ1v) is 14.9. The molecule has 0 spiro atoms. The Labute approximate surface area is 245 Å². The van der Waals surface area contributed by atoms with Gasteiger partial charge in [0.2, 0.25) is 6.29 Å². The molecule has 2 aliphatic heterocycles. The maximum absolute atomic E-state index is 13.8. The highest BCUT2D eigenvalue weighted by atomic mass is 16.7. The number of aromatic amines is 1. The van der Waals surface area contributed by atoms with Crippen LogP contribution in [0.25, 0.3) is 11.0 Å². The van der Waals surface area contributed by atoms with Gasteiger partial charge in [0.15, 0.2) is 5.76 Å². The molecule has 3 aromatic rings. The lowest BCUT2D eigenvalue weighted by Crippen LogP contribution is -2.44. The lowest BCUT2D eigenvalue weighted by Gasteiger charge is -2.39. The van der Waals surface area contributed by atoms with Gasteiger partial charge in [-0.3, -0.25) is 9.36 Å². The summed E-state index contributed by atoms with van der Waals surface area (Å²) in [7, 11) is 0. The number of carbonyl (C=O) groups excluding carboxylic acids is 1. The van der Waals surface area contributed by atoms with E-state index in [2.05, 4.69) is 17.1 Å². The number of nitrogens with one attached hydrogen (secondary N) is 1. The Morgan fingerprint density at radius 1 is 1.00 bits per heavy atom. The second-order valence-electron chi connectivity index (χ2n) is 10.7. The summed E-state index contributed by atoms with van der Waals surface area (Å²) in [5, 5.41) is 8.86. The first-order chi connectivity index (χ1) is 20.6. The standard InChI is InChI=1S/C32H41N3O7/c1-2-41-31-25(14-18-39-20-21-40-19-17-36)26(23-8-4-3-5-9-23)22-29(42-31)30(37)34-15-12-24(13-16-34)35-28-11-7-6-10-27(28)33-32(35)38/h3-11,22,24-26,31,36H,2,12-21H2,1H3,(H,33,38)/t25-,26+,31+/m0/s1. The van der Waals surface area contributed by atoms with Gasteiger partial charge in [0.25, 0.3) is 5.91 Å². The zero-order valence-corrected chi connectivity index (χ0v) is 24.2. The molecule has 1 aromatic heterocycles. The van der Waals surface area contributed by atoms with Crippen LogP contribution in [0.3, 0.4) is 0 Å². The Kier molecular flexibility index (Phi) is 10.5. The summed E-state index contributed by atoms with van der Waals surface area (Å²) < 4.78 is 25.2. The van der Waals surface area contributed by atoms with Crippen LogP contribution in [0.4, 0.5) is 0 Å². The van der Waals surface area contributed by atoms with Crippen LogP contribution in [0, 0.1) is 5.92 Å². The first-order valence-electron chi connectivity index (χ1n) is 14.9. The third-order valence-corrected chi connectivity index (χ3v) is 8.06. The highest BCUT2D eigenvalue weighted by Crippen LogP contribution is 2.39. The predicted octanol–water partition coefficient (Wildman–Crippen LogP) is 3.59. The molecule has 0 unspecified atom stereocenters. The van der Waals surface area contributed by atoms with Crippen molar-refractivity contribution >= 4 is 16.9 Å². The minimum atomic E-state index is -0.597. The molecular weight excluding hydrogens is 538 g/mol. The molecule has 3 atom stereocenters. The molecule has 3 heterocycles. The summed E-state index contributed by atoms with van der Waals surface area (Å²) in [5.41, 5.74) is 2.69. The van der Waals surface area contributed by atoms with E-state index in [0.717, 1.165) is 16.6 Å². The molecule has 10 heteroatoms. The number of carbonyl (C=O) groups is 1. The summed E-state index contributed by atoms with van der Waals surface area (Å²) in [6.45, 7) is 5.05. The summed E-state index contributed by atoms with van der Waals surface area (Å²) >= 11 is 0. The van der Waals surface area contributed by atoms with E-state index in [1.165, 1.54) is 0 Å².